The summed E-state index contributed by atoms with van der Waals surface area (Å²) in [6, 6.07) is 13.5. The molecule has 0 heterocycles. The van der Waals surface area contributed by atoms with Gasteiger partial charge in [-0.15, -0.1) is 0 Å². The molecule has 4 nitrogen and oxygen atoms in total. The number of hydrogen-bond donors (Lipinski definition) is 0. The summed E-state index contributed by atoms with van der Waals surface area (Å²) in [5, 5.41) is 0. The quantitative estimate of drug-likeness (QED) is 0.343. The van der Waals surface area contributed by atoms with Crippen LogP contribution < -0.4 is 14.2 Å². The molecule has 0 amide bonds. The maximum absolute atomic E-state index is 11.8. The van der Waals surface area contributed by atoms with Gasteiger partial charge in [-0.3, -0.25) is 0 Å². The summed E-state index contributed by atoms with van der Waals surface area (Å²) in [4.78, 5) is 11.8. The smallest absolute Gasteiger partial charge is 0.338 e. The summed E-state index contributed by atoms with van der Waals surface area (Å²) in [5.41, 5.74) is 2.24. The molecule has 4 heteroatoms. The van der Waals surface area contributed by atoms with Crippen LogP contribution in [0.25, 0.3) is 12.2 Å². The van der Waals surface area contributed by atoms with E-state index in [1.807, 2.05) is 42.5 Å². The molecule has 0 saturated heterocycles. The minimum atomic E-state index is -0.529. The number of hydrogen-bond acceptors (Lipinski definition) is 4. The molecule has 0 N–H and O–H groups in total. The summed E-state index contributed by atoms with van der Waals surface area (Å²) in [6.07, 6.45) is 3.92. The molecule has 0 aliphatic heterocycles. The lowest BCUT2D eigenvalue weighted by Gasteiger charge is -2.14. The van der Waals surface area contributed by atoms with Crippen LogP contribution in [0.4, 0.5) is 0 Å². The summed E-state index contributed by atoms with van der Waals surface area (Å²) < 4.78 is 16.0. The lowest BCUT2D eigenvalue weighted by molar-refractivity contribution is -0.130. The van der Waals surface area contributed by atoms with Crippen molar-refractivity contribution in [3.63, 3.8) is 0 Å². The molecule has 0 aliphatic carbocycles. The molecule has 0 aromatic heterocycles. The van der Waals surface area contributed by atoms with Crippen LogP contribution in [0.3, 0.4) is 0 Å². The van der Waals surface area contributed by atoms with E-state index in [9.17, 15) is 4.79 Å². The Morgan fingerprint density at radius 2 is 1.50 bits per heavy atom. The van der Waals surface area contributed by atoms with Crippen molar-refractivity contribution in [1.29, 1.82) is 0 Å². The lowest BCUT2D eigenvalue weighted by Crippen LogP contribution is -2.10. The Balaban J connectivity index is 2.37. The van der Waals surface area contributed by atoms with Crippen molar-refractivity contribution in [3.8, 4) is 17.2 Å². The zero-order valence-corrected chi connectivity index (χ0v) is 14.0. The Hall–Kier alpha value is -3.01. The zero-order chi connectivity index (χ0) is 17.5. The zero-order valence-electron chi connectivity index (χ0n) is 14.0. The first-order valence-corrected chi connectivity index (χ1v) is 7.42. The molecule has 2 aromatic carbocycles. The molecular formula is C20H20O4. The molecule has 0 atom stereocenters. The van der Waals surface area contributed by atoms with E-state index in [-0.39, 0.29) is 5.75 Å². The third-order valence-electron chi connectivity index (χ3n) is 3.29. The highest BCUT2D eigenvalue weighted by Gasteiger charge is 2.17. The molecular weight excluding hydrogens is 304 g/mol. The van der Waals surface area contributed by atoms with Gasteiger partial charge in [0, 0.05) is 5.57 Å². The summed E-state index contributed by atoms with van der Waals surface area (Å²) >= 11 is 0. The first-order valence-electron chi connectivity index (χ1n) is 7.42. The largest absolute Gasteiger partial charge is 0.493 e. The number of methoxy groups -OCH3 is 2. The Kier molecular flexibility index (Phi) is 5.79. The van der Waals surface area contributed by atoms with Crippen LogP contribution in [-0.2, 0) is 4.79 Å². The minimum Gasteiger partial charge on any atom is -0.493 e. The SMILES string of the molecule is C=C(C)C(=O)Oc1c(OC)cc(/C=C/c2ccccc2)cc1OC. The Bertz CT molecular complexity index is 735. The molecule has 0 aliphatic rings. The number of rotatable bonds is 6. The molecule has 0 saturated carbocycles. The highest BCUT2D eigenvalue weighted by Crippen LogP contribution is 2.39. The Morgan fingerprint density at radius 3 is 2.00 bits per heavy atom. The molecule has 2 aromatic rings. The first-order chi connectivity index (χ1) is 11.5. The average molecular weight is 324 g/mol. The lowest BCUT2D eigenvalue weighted by atomic mass is 10.1. The van der Waals surface area contributed by atoms with Crippen LogP contribution in [0, 0.1) is 0 Å². The maximum Gasteiger partial charge on any atom is 0.338 e. The van der Waals surface area contributed by atoms with Crippen LogP contribution in [0.2, 0.25) is 0 Å². The molecule has 0 radical (unpaired) electrons. The molecule has 0 spiro atoms. The van der Waals surface area contributed by atoms with E-state index < -0.39 is 5.97 Å². The molecule has 2 rings (SSSR count). The second-order valence-electron chi connectivity index (χ2n) is 5.17. The Labute approximate surface area is 142 Å². The molecule has 0 bridgehead atoms. The van der Waals surface area contributed by atoms with Gasteiger partial charge < -0.3 is 14.2 Å². The third kappa shape index (κ3) is 4.26. The van der Waals surface area contributed by atoms with E-state index in [0.717, 1.165) is 11.1 Å². The monoisotopic (exact) mass is 324 g/mol. The fourth-order valence-corrected chi connectivity index (χ4v) is 2.03. The standard InChI is InChI=1S/C20H20O4/c1-14(2)20(21)24-19-17(22-3)12-16(13-18(19)23-4)11-10-15-8-6-5-7-9-15/h5-13H,1H2,2-4H3/b11-10+. The van der Waals surface area contributed by atoms with Gasteiger partial charge in [0.05, 0.1) is 14.2 Å². The van der Waals surface area contributed by atoms with Gasteiger partial charge in [-0.05, 0) is 30.2 Å². The molecule has 24 heavy (non-hydrogen) atoms. The van der Waals surface area contributed by atoms with E-state index in [2.05, 4.69) is 6.58 Å². The summed E-state index contributed by atoms with van der Waals surface area (Å²) in [6.45, 7) is 5.16. The highest BCUT2D eigenvalue weighted by molar-refractivity contribution is 5.89. The predicted molar refractivity (Wildman–Crippen MR) is 95.4 cm³/mol. The van der Waals surface area contributed by atoms with Gasteiger partial charge in [0.1, 0.15) is 0 Å². The number of carbonyl (C=O) groups is 1. The van der Waals surface area contributed by atoms with Gasteiger partial charge in [-0.1, -0.05) is 49.1 Å². The van der Waals surface area contributed by atoms with Crippen molar-refractivity contribution in [2.24, 2.45) is 0 Å². The van der Waals surface area contributed by atoms with Crippen molar-refractivity contribution >= 4 is 18.1 Å². The predicted octanol–water partition coefficient (Wildman–Crippen LogP) is 4.36. The minimum absolute atomic E-state index is 0.241. The van der Waals surface area contributed by atoms with Crippen molar-refractivity contribution in [2.75, 3.05) is 14.2 Å². The van der Waals surface area contributed by atoms with Gasteiger partial charge in [-0.2, -0.15) is 0 Å². The van der Waals surface area contributed by atoms with E-state index >= 15 is 0 Å². The second-order valence-corrected chi connectivity index (χ2v) is 5.17. The van der Waals surface area contributed by atoms with E-state index in [1.54, 1.807) is 19.1 Å². The number of ether oxygens (including phenoxy) is 3. The first kappa shape index (κ1) is 17.3. The topological polar surface area (TPSA) is 44.8 Å². The molecule has 124 valence electrons. The van der Waals surface area contributed by atoms with Crippen LogP contribution >= 0.6 is 0 Å². The maximum atomic E-state index is 11.8. The Morgan fingerprint density at radius 1 is 0.958 bits per heavy atom. The van der Waals surface area contributed by atoms with E-state index in [1.165, 1.54) is 14.2 Å². The van der Waals surface area contributed by atoms with Crippen molar-refractivity contribution in [2.45, 2.75) is 6.92 Å². The van der Waals surface area contributed by atoms with Crippen LogP contribution in [-0.4, -0.2) is 20.2 Å². The third-order valence-corrected chi connectivity index (χ3v) is 3.29. The van der Waals surface area contributed by atoms with Crippen LogP contribution in [0.1, 0.15) is 18.1 Å². The number of carbonyl (C=O) groups excluding carboxylic acids is 1. The van der Waals surface area contributed by atoms with Gasteiger partial charge in [0.15, 0.2) is 11.5 Å². The van der Waals surface area contributed by atoms with Gasteiger partial charge in [0.25, 0.3) is 0 Å². The van der Waals surface area contributed by atoms with E-state index in [0.29, 0.717) is 17.1 Å². The fraction of sp³-hybridized carbons (Fsp3) is 0.150. The van der Waals surface area contributed by atoms with Gasteiger partial charge in [0.2, 0.25) is 5.75 Å². The van der Waals surface area contributed by atoms with Gasteiger partial charge in [-0.25, -0.2) is 4.79 Å². The summed E-state index contributed by atoms with van der Waals surface area (Å²) in [5.74, 6) is 0.539. The number of esters is 1. The van der Waals surface area contributed by atoms with Crippen molar-refractivity contribution in [1.82, 2.24) is 0 Å². The normalized spacial score (nSPS) is 10.5. The van der Waals surface area contributed by atoms with Crippen LogP contribution in [0.15, 0.2) is 54.6 Å². The number of benzene rings is 2. The van der Waals surface area contributed by atoms with Crippen molar-refractivity contribution in [3.05, 3.63) is 65.7 Å². The fourth-order valence-electron chi connectivity index (χ4n) is 2.03. The average Bonchev–Trinajstić information content (AvgIpc) is 2.61. The highest BCUT2D eigenvalue weighted by atomic mass is 16.6. The molecule has 0 fully saturated rings. The summed E-state index contributed by atoms with van der Waals surface area (Å²) in [7, 11) is 3.02. The second kappa shape index (κ2) is 8.02. The van der Waals surface area contributed by atoms with Gasteiger partial charge >= 0.3 is 5.97 Å². The molecule has 0 unspecified atom stereocenters. The van der Waals surface area contributed by atoms with E-state index in [4.69, 9.17) is 14.2 Å². The van der Waals surface area contributed by atoms with Crippen molar-refractivity contribution < 1.29 is 19.0 Å². The van der Waals surface area contributed by atoms with Crippen LogP contribution in [0.5, 0.6) is 17.2 Å².